The first-order chi connectivity index (χ1) is 7.15. The van der Waals surface area contributed by atoms with Crippen molar-refractivity contribution in [1.82, 2.24) is 0 Å². The summed E-state index contributed by atoms with van der Waals surface area (Å²) >= 11 is 0. The standard InChI is InChI=1S/C10H11FN2O2/c1-2-12-6-5-7-8(12)3-4-9(10(7)11)13(14)15/h3-4H,2,5-6H2,1H3. The molecule has 1 aromatic carbocycles. The van der Waals surface area contributed by atoms with Crippen LogP contribution in [0.25, 0.3) is 0 Å². The quantitative estimate of drug-likeness (QED) is 0.554. The highest BCUT2D eigenvalue weighted by Gasteiger charge is 2.27. The second kappa shape index (κ2) is 3.49. The SMILES string of the molecule is CCN1CCc2c1ccc([N+](=O)[O-])c2F. The summed E-state index contributed by atoms with van der Waals surface area (Å²) in [5, 5.41) is 10.5. The van der Waals surface area contributed by atoms with Crippen LogP contribution in [0.3, 0.4) is 0 Å². The van der Waals surface area contributed by atoms with Crippen LogP contribution in [0.5, 0.6) is 0 Å². The van der Waals surface area contributed by atoms with Crippen molar-refractivity contribution >= 4 is 11.4 Å². The second-order valence-electron chi connectivity index (χ2n) is 3.48. The molecule has 1 aliphatic heterocycles. The predicted molar refractivity (Wildman–Crippen MR) is 54.6 cm³/mol. The van der Waals surface area contributed by atoms with Crippen LogP contribution in [0, 0.1) is 15.9 Å². The van der Waals surface area contributed by atoms with Gasteiger partial charge in [-0.3, -0.25) is 10.1 Å². The van der Waals surface area contributed by atoms with Crippen LogP contribution in [0.1, 0.15) is 12.5 Å². The van der Waals surface area contributed by atoms with Crippen LogP contribution in [0.4, 0.5) is 15.8 Å². The van der Waals surface area contributed by atoms with E-state index in [2.05, 4.69) is 0 Å². The van der Waals surface area contributed by atoms with Crippen LogP contribution < -0.4 is 4.90 Å². The number of halogens is 1. The van der Waals surface area contributed by atoms with E-state index in [4.69, 9.17) is 0 Å². The van der Waals surface area contributed by atoms with Gasteiger partial charge in [0.2, 0.25) is 5.82 Å². The highest BCUT2D eigenvalue weighted by Crippen LogP contribution is 2.34. The molecule has 0 spiro atoms. The zero-order chi connectivity index (χ0) is 11.0. The first-order valence-corrected chi connectivity index (χ1v) is 4.86. The Labute approximate surface area is 86.5 Å². The number of nitrogens with zero attached hydrogens (tertiary/aromatic N) is 2. The summed E-state index contributed by atoms with van der Waals surface area (Å²) in [5.41, 5.74) is 0.846. The maximum Gasteiger partial charge on any atom is 0.305 e. The molecular weight excluding hydrogens is 199 g/mol. The lowest BCUT2D eigenvalue weighted by Gasteiger charge is -2.15. The minimum atomic E-state index is -0.676. The molecule has 0 amide bonds. The van der Waals surface area contributed by atoms with Crippen molar-refractivity contribution in [3.05, 3.63) is 33.6 Å². The third-order valence-electron chi connectivity index (χ3n) is 2.75. The summed E-state index contributed by atoms with van der Waals surface area (Å²) in [6, 6.07) is 2.87. The van der Waals surface area contributed by atoms with Gasteiger partial charge in [-0.2, -0.15) is 4.39 Å². The monoisotopic (exact) mass is 210 g/mol. The van der Waals surface area contributed by atoms with Crippen molar-refractivity contribution in [3.8, 4) is 0 Å². The lowest BCUT2D eigenvalue weighted by atomic mass is 10.1. The predicted octanol–water partition coefficient (Wildman–Crippen LogP) is 2.12. The van der Waals surface area contributed by atoms with Crippen molar-refractivity contribution in [2.24, 2.45) is 0 Å². The topological polar surface area (TPSA) is 46.4 Å². The molecule has 0 radical (unpaired) electrons. The summed E-state index contributed by atoms with van der Waals surface area (Å²) in [5.74, 6) is -0.673. The highest BCUT2D eigenvalue weighted by molar-refractivity contribution is 5.62. The van der Waals surface area contributed by atoms with Gasteiger partial charge >= 0.3 is 5.69 Å². The third-order valence-corrected chi connectivity index (χ3v) is 2.75. The Kier molecular flexibility index (Phi) is 2.30. The second-order valence-corrected chi connectivity index (χ2v) is 3.48. The minimum absolute atomic E-state index is 0.424. The summed E-state index contributed by atoms with van der Waals surface area (Å²) < 4.78 is 13.7. The van der Waals surface area contributed by atoms with E-state index in [-0.39, 0.29) is 0 Å². The smallest absolute Gasteiger partial charge is 0.305 e. The van der Waals surface area contributed by atoms with Gasteiger partial charge in [0.05, 0.1) is 4.92 Å². The minimum Gasteiger partial charge on any atom is -0.371 e. The van der Waals surface area contributed by atoms with Gasteiger partial charge in [0.1, 0.15) is 0 Å². The number of hydrogen-bond donors (Lipinski definition) is 0. The van der Waals surface area contributed by atoms with E-state index in [0.29, 0.717) is 12.0 Å². The molecule has 0 fully saturated rings. The first-order valence-electron chi connectivity index (χ1n) is 4.86. The zero-order valence-electron chi connectivity index (χ0n) is 8.36. The van der Waals surface area contributed by atoms with Crippen molar-refractivity contribution < 1.29 is 9.31 Å². The first kappa shape index (κ1) is 9.89. The van der Waals surface area contributed by atoms with Crippen LogP contribution in [-0.4, -0.2) is 18.0 Å². The fraction of sp³-hybridized carbons (Fsp3) is 0.400. The van der Waals surface area contributed by atoms with E-state index in [9.17, 15) is 14.5 Å². The average molecular weight is 210 g/mol. The van der Waals surface area contributed by atoms with Crippen LogP contribution in [0.15, 0.2) is 12.1 Å². The van der Waals surface area contributed by atoms with Gasteiger partial charge in [0, 0.05) is 30.4 Å². The van der Waals surface area contributed by atoms with Gasteiger partial charge in [-0.25, -0.2) is 0 Å². The number of nitro benzene ring substituents is 1. The van der Waals surface area contributed by atoms with E-state index in [1.54, 1.807) is 6.07 Å². The maximum absolute atomic E-state index is 13.7. The summed E-state index contributed by atoms with van der Waals surface area (Å²) in [6.07, 6.45) is 0.552. The lowest BCUT2D eigenvalue weighted by molar-refractivity contribution is -0.387. The van der Waals surface area contributed by atoms with Gasteiger partial charge in [0.25, 0.3) is 0 Å². The van der Waals surface area contributed by atoms with Gasteiger partial charge in [-0.1, -0.05) is 0 Å². The van der Waals surface area contributed by atoms with Crippen molar-refractivity contribution in [2.75, 3.05) is 18.0 Å². The number of anilines is 1. The Bertz CT molecular complexity index is 420. The Morgan fingerprint density at radius 3 is 2.93 bits per heavy atom. The van der Waals surface area contributed by atoms with Crippen molar-refractivity contribution in [1.29, 1.82) is 0 Å². The normalized spacial score (nSPS) is 14.1. The zero-order valence-corrected chi connectivity index (χ0v) is 8.36. The maximum atomic E-state index is 13.7. The van der Waals surface area contributed by atoms with E-state index < -0.39 is 16.4 Å². The molecule has 0 saturated carbocycles. The Balaban J connectivity index is 2.52. The fourth-order valence-electron chi connectivity index (χ4n) is 1.97. The van der Waals surface area contributed by atoms with E-state index in [0.717, 1.165) is 18.8 Å². The molecule has 5 heteroatoms. The van der Waals surface area contributed by atoms with Gasteiger partial charge < -0.3 is 4.90 Å². The largest absolute Gasteiger partial charge is 0.371 e. The summed E-state index contributed by atoms with van der Waals surface area (Å²) in [7, 11) is 0. The number of nitro groups is 1. The molecule has 0 bridgehead atoms. The molecule has 0 aromatic heterocycles. The van der Waals surface area contributed by atoms with E-state index in [1.165, 1.54) is 6.07 Å². The molecule has 1 heterocycles. The van der Waals surface area contributed by atoms with Crippen molar-refractivity contribution in [2.45, 2.75) is 13.3 Å². The van der Waals surface area contributed by atoms with Crippen LogP contribution in [-0.2, 0) is 6.42 Å². The molecule has 0 saturated heterocycles. The molecule has 1 aliphatic rings. The van der Waals surface area contributed by atoms with Crippen LogP contribution >= 0.6 is 0 Å². The number of rotatable bonds is 2. The number of likely N-dealkylation sites (N-methyl/N-ethyl adjacent to an activating group) is 1. The Morgan fingerprint density at radius 1 is 1.60 bits per heavy atom. The fourth-order valence-corrected chi connectivity index (χ4v) is 1.97. The molecule has 2 rings (SSSR count). The molecule has 0 N–H and O–H groups in total. The average Bonchev–Trinajstić information content (AvgIpc) is 2.61. The Hall–Kier alpha value is -1.65. The van der Waals surface area contributed by atoms with Crippen molar-refractivity contribution in [3.63, 3.8) is 0 Å². The molecule has 0 aliphatic carbocycles. The molecule has 80 valence electrons. The van der Waals surface area contributed by atoms with E-state index in [1.807, 2.05) is 11.8 Å². The van der Waals surface area contributed by atoms with Crippen LogP contribution in [0.2, 0.25) is 0 Å². The number of benzene rings is 1. The molecule has 4 nitrogen and oxygen atoms in total. The number of hydrogen-bond acceptors (Lipinski definition) is 3. The van der Waals surface area contributed by atoms with E-state index >= 15 is 0 Å². The molecule has 0 unspecified atom stereocenters. The van der Waals surface area contributed by atoms with Gasteiger partial charge in [0.15, 0.2) is 0 Å². The number of fused-ring (bicyclic) bond motifs is 1. The molecule has 0 atom stereocenters. The molecule has 15 heavy (non-hydrogen) atoms. The van der Waals surface area contributed by atoms with Gasteiger partial charge in [-0.15, -0.1) is 0 Å². The summed E-state index contributed by atoms with van der Waals surface area (Å²) in [4.78, 5) is 11.9. The lowest BCUT2D eigenvalue weighted by Crippen LogP contribution is -2.19. The highest BCUT2D eigenvalue weighted by atomic mass is 19.1. The summed E-state index contributed by atoms with van der Waals surface area (Å²) in [6.45, 7) is 3.52. The Morgan fingerprint density at radius 2 is 2.33 bits per heavy atom. The molecule has 1 aromatic rings. The molecular formula is C10H11FN2O2. The third kappa shape index (κ3) is 1.44. The van der Waals surface area contributed by atoms with Gasteiger partial charge in [-0.05, 0) is 19.4 Å².